The number of rotatable bonds is 22. The van der Waals surface area contributed by atoms with Crippen LogP contribution < -0.4 is 21.8 Å². The maximum atomic E-state index is 13.6. The Morgan fingerprint density at radius 2 is 1.67 bits per heavy atom. The van der Waals surface area contributed by atoms with Crippen molar-refractivity contribution in [2.75, 3.05) is 71.6 Å². The van der Waals surface area contributed by atoms with Gasteiger partial charge in [0.2, 0.25) is 5.91 Å². The number of carbonyl (C=O) groups excluding carboxylic acids is 3. The summed E-state index contributed by atoms with van der Waals surface area (Å²) in [6, 6.07) is 10.4. The Kier molecular flexibility index (Phi) is 19.6. The third-order valence-corrected chi connectivity index (χ3v) is 10.0. The zero-order chi connectivity index (χ0) is 40.9. The summed E-state index contributed by atoms with van der Waals surface area (Å²) in [4.78, 5) is 41.6. The molecule has 2 aromatic carbocycles. The number of alkyl halides is 3. The van der Waals surface area contributed by atoms with Gasteiger partial charge in [-0.1, -0.05) is 35.9 Å². The first-order chi connectivity index (χ1) is 27.5. The molecule has 5 N–H and O–H groups in total. The number of hydrogen-bond acceptors (Lipinski definition) is 10. The van der Waals surface area contributed by atoms with Crippen molar-refractivity contribution in [3.63, 3.8) is 0 Å². The van der Waals surface area contributed by atoms with E-state index in [1.165, 1.54) is 6.07 Å². The molecule has 17 heteroatoms. The van der Waals surface area contributed by atoms with E-state index in [1.54, 1.807) is 42.1 Å². The molecule has 310 valence electrons. The van der Waals surface area contributed by atoms with Crippen LogP contribution in [-0.2, 0) is 35.7 Å². The number of piperidine rings is 1. The molecule has 2 aliphatic rings. The molecule has 1 heterocycles. The molecule has 0 spiro atoms. The molecule has 2 aromatic rings. The highest BCUT2D eigenvalue weighted by atomic mass is 35.5. The van der Waals surface area contributed by atoms with Gasteiger partial charge in [-0.2, -0.15) is 30.0 Å². The number of hydrogen-bond donors (Lipinski definition) is 4. The number of amides is 3. The van der Waals surface area contributed by atoms with Crippen molar-refractivity contribution in [1.29, 1.82) is 0 Å². The molecule has 1 aliphatic carbocycles. The standard InChI is InChI=1S/C40H50ClF3N6O6S/c41-35-11-7-29(26-34(35)40(42,43)44)27-47-49-39(53)33-10-8-32(50-16-2-1-3-17-50)9-12-36(33)48-38(52)31-6-4-5-30(25-31)28-57-24-13-37(51)46-15-19-55-21-23-56-22-20-54-18-14-45/h4-7,9-12,25-27H,1-3,8,13-24,28,45H2,(H,46,51)(H,48,52)(H,49,53)/b47-27+. The average Bonchev–Trinajstić information content (AvgIpc) is 3.41. The number of halogens is 4. The van der Waals surface area contributed by atoms with Gasteiger partial charge < -0.3 is 35.5 Å². The fourth-order valence-electron chi connectivity index (χ4n) is 5.79. The van der Waals surface area contributed by atoms with E-state index in [0.717, 1.165) is 62.0 Å². The fraction of sp³-hybridized carbons (Fsp3) is 0.450. The average molecular weight is 835 g/mol. The second-order valence-corrected chi connectivity index (χ2v) is 14.5. The van der Waals surface area contributed by atoms with Crippen LogP contribution >= 0.6 is 23.4 Å². The van der Waals surface area contributed by atoms with Gasteiger partial charge in [0.15, 0.2) is 0 Å². The minimum atomic E-state index is -4.65. The fourth-order valence-corrected chi connectivity index (χ4v) is 6.90. The third-order valence-electron chi connectivity index (χ3n) is 8.68. The molecule has 0 saturated carbocycles. The van der Waals surface area contributed by atoms with Gasteiger partial charge >= 0.3 is 6.18 Å². The minimum absolute atomic E-state index is 0.0825. The number of hydrazone groups is 1. The molecule has 1 aliphatic heterocycles. The number of nitrogens with one attached hydrogen (secondary N) is 3. The molecule has 0 radical (unpaired) electrons. The van der Waals surface area contributed by atoms with Crippen LogP contribution in [0.25, 0.3) is 0 Å². The summed E-state index contributed by atoms with van der Waals surface area (Å²) < 4.78 is 56.1. The van der Waals surface area contributed by atoms with Crippen molar-refractivity contribution in [3.05, 3.63) is 105 Å². The number of carbonyl (C=O) groups is 3. The van der Waals surface area contributed by atoms with Crippen molar-refractivity contribution >= 4 is 47.3 Å². The van der Waals surface area contributed by atoms with Gasteiger partial charge in [0.25, 0.3) is 11.8 Å². The van der Waals surface area contributed by atoms with Crippen molar-refractivity contribution < 1.29 is 41.8 Å². The Hall–Kier alpha value is -4.19. The monoisotopic (exact) mass is 834 g/mol. The van der Waals surface area contributed by atoms with Crippen LogP contribution in [0.2, 0.25) is 5.02 Å². The van der Waals surface area contributed by atoms with E-state index in [2.05, 4.69) is 26.1 Å². The number of allylic oxidation sites excluding steroid dienone is 3. The number of nitrogens with two attached hydrogens (primary N) is 1. The number of nitrogens with zero attached hydrogens (tertiary/aromatic N) is 2. The molecule has 0 unspecified atom stereocenters. The molecule has 0 atom stereocenters. The number of thioether (sulfide) groups is 1. The van der Waals surface area contributed by atoms with Crippen LogP contribution in [0.3, 0.4) is 0 Å². The highest BCUT2D eigenvalue weighted by molar-refractivity contribution is 7.98. The Labute approximate surface area is 340 Å². The van der Waals surface area contributed by atoms with Crippen LogP contribution in [0, 0.1) is 0 Å². The first kappa shape index (κ1) is 45.5. The summed E-state index contributed by atoms with van der Waals surface area (Å²) in [5, 5.41) is 9.16. The Bertz CT molecular complexity index is 1770. The zero-order valence-electron chi connectivity index (χ0n) is 31.7. The molecule has 0 aromatic heterocycles. The van der Waals surface area contributed by atoms with Crippen molar-refractivity contribution in [2.45, 2.75) is 44.0 Å². The SMILES string of the molecule is NCCOCCOCCOCCNC(=O)CCSCc1cccc(C(=O)NC2=CC=C(N3CCCCC3)CC=C2C(=O)N/N=C/c2ccc(Cl)c(C(F)(F)F)c2)c1. The summed E-state index contributed by atoms with van der Waals surface area (Å²) in [5.74, 6) is -0.0157. The van der Waals surface area contributed by atoms with E-state index >= 15 is 0 Å². The lowest BCUT2D eigenvalue weighted by Crippen LogP contribution is -2.30. The topological polar surface area (TPSA) is 157 Å². The van der Waals surface area contributed by atoms with Crippen LogP contribution in [0.4, 0.5) is 13.2 Å². The molecule has 12 nitrogen and oxygen atoms in total. The van der Waals surface area contributed by atoms with Gasteiger partial charge in [-0.3, -0.25) is 14.4 Å². The van der Waals surface area contributed by atoms with Gasteiger partial charge in [0.1, 0.15) is 0 Å². The van der Waals surface area contributed by atoms with Crippen LogP contribution in [0.5, 0.6) is 0 Å². The maximum absolute atomic E-state index is 13.6. The molecule has 4 rings (SSSR count). The number of benzene rings is 2. The number of ether oxygens (including phenoxy) is 3. The lowest BCUT2D eigenvalue weighted by Gasteiger charge is -2.30. The lowest BCUT2D eigenvalue weighted by molar-refractivity contribution is -0.137. The van der Waals surface area contributed by atoms with E-state index in [1.807, 2.05) is 12.1 Å². The van der Waals surface area contributed by atoms with Crippen LogP contribution in [0.1, 0.15) is 59.2 Å². The third kappa shape index (κ3) is 16.3. The lowest BCUT2D eigenvalue weighted by atomic mass is 10.1. The molecule has 0 bridgehead atoms. The van der Waals surface area contributed by atoms with E-state index in [-0.39, 0.29) is 22.7 Å². The predicted octanol–water partition coefficient (Wildman–Crippen LogP) is 5.57. The van der Waals surface area contributed by atoms with E-state index in [4.69, 9.17) is 31.5 Å². The summed E-state index contributed by atoms with van der Waals surface area (Å²) in [6.07, 6.45) is 5.74. The van der Waals surface area contributed by atoms with Gasteiger partial charge in [0.05, 0.1) is 67.7 Å². The van der Waals surface area contributed by atoms with Gasteiger partial charge in [-0.15, -0.1) is 0 Å². The van der Waals surface area contributed by atoms with E-state index in [0.29, 0.717) is 82.6 Å². The van der Waals surface area contributed by atoms with Gasteiger partial charge in [-0.25, -0.2) is 5.43 Å². The largest absolute Gasteiger partial charge is 0.417 e. The van der Waals surface area contributed by atoms with E-state index in [9.17, 15) is 27.6 Å². The molecule has 1 saturated heterocycles. The second kappa shape index (κ2) is 24.6. The quantitative estimate of drug-likeness (QED) is 0.0677. The first-order valence-corrected chi connectivity index (χ1v) is 20.3. The highest BCUT2D eigenvalue weighted by Gasteiger charge is 2.33. The van der Waals surface area contributed by atoms with Crippen molar-refractivity contribution in [1.82, 2.24) is 21.0 Å². The van der Waals surface area contributed by atoms with Gasteiger partial charge in [-0.05, 0) is 66.8 Å². The first-order valence-electron chi connectivity index (χ1n) is 18.8. The maximum Gasteiger partial charge on any atom is 0.417 e. The predicted molar refractivity (Wildman–Crippen MR) is 216 cm³/mol. The molecule has 3 amide bonds. The van der Waals surface area contributed by atoms with Crippen LogP contribution in [-0.4, -0.2) is 100 Å². The normalized spacial score (nSPS) is 14.8. The van der Waals surface area contributed by atoms with E-state index < -0.39 is 28.6 Å². The van der Waals surface area contributed by atoms with Crippen molar-refractivity contribution in [2.24, 2.45) is 10.8 Å². The second-order valence-electron chi connectivity index (χ2n) is 13.0. The van der Waals surface area contributed by atoms with Crippen LogP contribution in [0.15, 0.2) is 82.8 Å². The summed E-state index contributed by atoms with van der Waals surface area (Å²) in [6.45, 7) is 5.34. The molecular weight excluding hydrogens is 785 g/mol. The molecule has 1 fully saturated rings. The molecule has 57 heavy (non-hydrogen) atoms. The van der Waals surface area contributed by atoms with Crippen molar-refractivity contribution in [3.8, 4) is 0 Å². The van der Waals surface area contributed by atoms with Gasteiger partial charge in [0, 0.05) is 61.8 Å². The molecular formula is C40H50ClF3N6O6S. The Morgan fingerprint density at radius 1 is 0.930 bits per heavy atom. The Balaban J connectivity index is 1.28. The summed E-state index contributed by atoms with van der Waals surface area (Å²) in [7, 11) is 0. The summed E-state index contributed by atoms with van der Waals surface area (Å²) in [5.41, 5.74) is 9.47. The highest BCUT2D eigenvalue weighted by Crippen LogP contribution is 2.35. The smallest absolute Gasteiger partial charge is 0.378 e. The zero-order valence-corrected chi connectivity index (χ0v) is 33.3. The minimum Gasteiger partial charge on any atom is -0.378 e. The summed E-state index contributed by atoms with van der Waals surface area (Å²) >= 11 is 7.29. The Morgan fingerprint density at radius 3 is 2.40 bits per heavy atom. The number of likely N-dealkylation sites (tertiary alicyclic amines) is 1.